The van der Waals surface area contributed by atoms with E-state index in [-0.39, 0.29) is 42.9 Å². The van der Waals surface area contributed by atoms with Gasteiger partial charge in [-0.2, -0.15) is 0 Å². The van der Waals surface area contributed by atoms with E-state index >= 15 is 0 Å². The maximum absolute atomic E-state index is 9.54. The molecule has 1 fully saturated rings. The third-order valence-electron chi connectivity index (χ3n) is 15.0. The Morgan fingerprint density at radius 1 is 0.703 bits per heavy atom. The Morgan fingerprint density at radius 2 is 1.39 bits per heavy atom. The summed E-state index contributed by atoms with van der Waals surface area (Å²) < 4.78 is 41.7. The number of para-hydroxylation sites is 2. The van der Waals surface area contributed by atoms with E-state index in [9.17, 15) is 1.37 Å². The van der Waals surface area contributed by atoms with Gasteiger partial charge in [0.1, 0.15) is 5.58 Å². The minimum atomic E-state index is -2.21. The van der Waals surface area contributed by atoms with Crippen LogP contribution < -0.4 is 0 Å². The fourth-order valence-electron chi connectivity index (χ4n) is 10.8. The van der Waals surface area contributed by atoms with Crippen molar-refractivity contribution in [3.05, 3.63) is 192 Å². The quantitative estimate of drug-likeness (QED) is 0.118. The van der Waals surface area contributed by atoms with E-state index in [0.29, 0.717) is 16.9 Å². The second-order valence-electron chi connectivity index (χ2n) is 22.5. The number of furan rings is 1. The summed E-state index contributed by atoms with van der Waals surface area (Å²) in [5, 5.41) is 6.82. The fourth-order valence-corrected chi connectivity index (χ4v) is 10.8. The first-order valence-corrected chi connectivity index (χ1v) is 26.0. The van der Waals surface area contributed by atoms with Crippen molar-refractivity contribution < 1.29 is 30.0 Å². The predicted molar refractivity (Wildman–Crippen MR) is 306 cm³/mol. The normalized spacial score (nSPS) is 15.4. The number of rotatable bonds is 7. The van der Waals surface area contributed by atoms with Crippen molar-refractivity contribution in [2.24, 2.45) is 5.41 Å². The molecule has 6 heteroatoms. The molecule has 5 nitrogen and oxygen atoms in total. The summed E-state index contributed by atoms with van der Waals surface area (Å²) in [5.41, 5.74) is 13.3. The van der Waals surface area contributed by atoms with Gasteiger partial charge < -0.3 is 8.98 Å². The Labute approximate surface area is 456 Å². The van der Waals surface area contributed by atoms with E-state index in [1.807, 2.05) is 45.0 Å². The summed E-state index contributed by atoms with van der Waals surface area (Å²) in [7, 11) is 0. The van der Waals surface area contributed by atoms with E-state index in [1.54, 1.807) is 6.07 Å². The molecule has 3 heterocycles. The van der Waals surface area contributed by atoms with Crippen LogP contribution in [0.1, 0.15) is 139 Å². The molecule has 0 bridgehead atoms. The summed E-state index contributed by atoms with van der Waals surface area (Å²) >= 11 is 0. The molecule has 1 saturated carbocycles. The van der Waals surface area contributed by atoms with Gasteiger partial charge in [0.05, 0.1) is 28.3 Å². The fraction of sp³-hybridized carbons (Fsp3) is 0.279. The zero-order valence-corrected chi connectivity index (χ0v) is 46.3. The zero-order chi connectivity index (χ0) is 54.2. The van der Waals surface area contributed by atoms with Crippen LogP contribution in [0.3, 0.4) is 0 Å². The minimum absolute atomic E-state index is 0. The molecule has 1 aliphatic carbocycles. The van der Waals surface area contributed by atoms with Crippen LogP contribution in [0.4, 0.5) is 0 Å². The van der Waals surface area contributed by atoms with Crippen molar-refractivity contribution in [3.8, 4) is 39.6 Å². The first-order valence-electron chi connectivity index (χ1n) is 28.0. The largest absolute Gasteiger partial charge is 0.501 e. The number of nitrogens with zero attached hydrogens (tertiary/aromatic N) is 4. The Bertz CT molecular complexity index is 3980. The Hall–Kier alpha value is -6.72. The molecule has 11 aromatic rings. The molecule has 0 atom stereocenters. The molecule has 1 aliphatic rings. The van der Waals surface area contributed by atoms with E-state index in [0.717, 1.165) is 86.6 Å². The summed E-state index contributed by atoms with van der Waals surface area (Å²) in [6.45, 7) is 17.5. The molecule has 0 N–H and O–H groups in total. The van der Waals surface area contributed by atoms with Crippen LogP contribution in [0.15, 0.2) is 156 Å². The van der Waals surface area contributed by atoms with Gasteiger partial charge in [-0.05, 0) is 147 Å². The predicted octanol–water partition coefficient (Wildman–Crippen LogP) is 18.8. The van der Waals surface area contributed by atoms with Crippen molar-refractivity contribution in [3.63, 3.8) is 0 Å². The first-order chi connectivity index (χ1) is 36.7. The van der Waals surface area contributed by atoms with Gasteiger partial charge in [-0.3, -0.25) is 15.0 Å². The molecule has 8 aromatic carbocycles. The van der Waals surface area contributed by atoms with Gasteiger partial charge in [-0.1, -0.05) is 146 Å². The van der Waals surface area contributed by atoms with Gasteiger partial charge >= 0.3 is 0 Å². The minimum Gasteiger partial charge on any atom is -0.501 e. The van der Waals surface area contributed by atoms with Crippen LogP contribution in [0.5, 0.6) is 0 Å². The number of hydrogen-bond acceptors (Lipinski definition) is 4. The van der Waals surface area contributed by atoms with Crippen molar-refractivity contribution in [1.82, 2.24) is 19.5 Å². The van der Waals surface area contributed by atoms with Gasteiger partial charge in [0.2, 0.25) is 0 Å². The average Bonchev–Trinajstić information content (AvgIpc) is 4.13. The Morgan fingerprint density at radius 3 is 2.09 bits per heavy atom. The SMILES string of the molecule is [2H]C([2H])([2H])c1cnc(-c2[c-]cccc2)nc1C(C)(C)C.[2H]C1(c2ccc3ccc4cc5c(cc4c3c2)oc2c(-c3nc4ccccc4n3-c3c(C(C)C)cc(-c4ccccc4)cc3C(C)C)[c-]ccc25)CCC(C)(C)CC1.[Ir]. The van der Waals surface area contributed by atoms with Crippen molar-refractivity contribution in [2.45, 2.75) is 118 Å². The van der Waals surface area contributed by atoms with Crippen LogP contribution in [0.25, 0.3) is 94.1 Å². The maximum atomic E-state index is 9.54. The summed E-state index contributed by atoms with van der Waals surface area (Å²) in [4.78, 5) is 14.0. The molecule has 0 saturated heterocycles. The second-order valence-corrected chi connectivity index (χ2v) is 22.5. The van der Waals surface area contributed by atoms with Crippen molar-refractivity contribution in [2.75, 3.05) is 0 Å². The van der Waals surface area contributed by atoms with Gasteiger partial charge in [0, 0.05) is 54.0 Å². The molecular formula is C68H66IrN4O-2. The molecule has 3 aromatic heterocycles. The van der Waals surface area contributed by atoms with Crippen molar-refractivity contribution in [1.29, 1.82) is 0 Å². The maximum Gasteiger partial charge on any atom is 0.121 e. The van der Waals surface area contributed by atoms with E-state index < -0.39 is 12.7 Å². The summed E-state index contributed by atoms with van der Waals surface area (Å²) in [6.07, 6.45) is 5.35. The van der Waals surface area contributed by atoms with Gasteiger partial charge in [-0.15, -0.1) is 54.1 Å². The Kier molecular flexibility index (Phi) is 12.5. The first kappa shape index (κ1) is 45.9. The Balaban J connectivity index is 0.000000277. The molecule has 0 aliphatic heterocycles. The third kappa shape index (κ3) is 9.64. The number of benzene rings is 8. The van der Waals surface area contributed by atoms with Crippen LogP contribution in [-0.2, 0) is 25.5 Å². The smallest absolute Gasteiger partial charge is 0.121 e. The summed E-state index contributed by atoms with van der Waals surface area (Å²) in [6, 6.07) is 57.8. The van der Waals surface area contributed by atoms with Crippen LogP contribution in [-0.4, -0.2) is 19.5 Å². The summed E-state index contributed by atoms with van der Waals surface area (Å²) in [5.74, 6) is 1.30. The topological polar surface area (TPSA) is 56.7 Å². The van der Waals surface area contributed by atoms with Crippen LogP contribution in [0, 0.1) is 24.4 Å². The van der Waals surface area contributed by atoms with E-state index in [1.165, 1.54) is 50.3 Å². The van der Waals surface area contributed by atoms with Crippen LogP contribution in [0.2, 0.25) is 0 Å². The molecule has 0 amide bonds. The molecular weight excluding hydrogens is 1080 g/mol. The monoisotopic (exact) mass is 1150 g/mol. The zero-order valence-electron chi connectivity index (χ0n) is 47.9. The number of fused-ring (bicyclic) bond motifs is 7. The molecule has 74 heavy (non-hydrogen) atoms. The average molecular weight is 1150 g/mol. The van der Waals surface area contributed by atoms with Gasteiger partial charge in [-0.25, -0.2) is 0 Å². The number of aromatic nitrogens is 4. The van der Waals surface area contributed by atoms with Crippen molar-refractivity contribution >= 4 is 54.5 Å². The standard InChI is InChI=1S/C53H49N2O.C15H17N2.Ir/c1-32(2)42-29-39(34-13-8-7-9-14-34)30-43(33(3)4)50(42)55-48-18-11-10-17-47(48)54-52(55)41-16-12-15-40-46-28-38-22-20-36-19-21-37(35-23-25-53(5,6)26-24-35)27-44(36)45(38)31-49(46)56-51(40)41;1-11-10-16-14(12-8-6-5-7-9-12)17-13(11)15(2,3)4;/h7-15,17-22,27-33,35H,23-26H2,1-6H3;5-8,10H,1-4H3;/q2*-1;/i35D;1D3;. The number of aryl methyl sites for hydroxylation is 1. The molecule has 1 radical (unpaired) electrons. The molecule has 12 rings (SSSR count). The second kappa shape index (κ2) is 20.2. The van der Waals surface area contributed by atoms with Crippen LogP contribution >= 0.6 is 0 Å². The molecule has 0 unspecified atom stereocenters. The number of hydrogen-bond donors (Lipinski definition) is 0. The third-order valence-corrected chi connectivity index (χ3v) is 15.0. The van der Waals surface area contributed by atoms with Gasteiger partial charge in [0.15, 0.2) is 0 Å². The number of imidazole rings is 1. The molecule has 0 spiro atoms. The van der Waals surface area contributed by atoms with Gasteiger partial charge in [0.25, 0.3) is 0 Å². The molecule has 375 valence electrons. The van der Waals surface area contributed by atoms with E-state index in [4.69, 9.17) is 13.5 Å². The van der Waals surface area contributed by atoms with E-state index in [2.05, 4.69) is 183 Å².